The van der Waals surface area contributed by atoms with Crippen molar-refractivity contribution in [1.29, 1.82) is 0 Å². The number of phenolic OH excluding ortho intramolecular Hbond substituents is 1. The van der Waals surface area contributed by atoms with Gasteiger partial charge in [0.25, 0.3) is 0 Å². The second kappa shape index (κ2) is 3.83. The van der Waals surface area contributed by atoms with Gasteiger partial charge in [0.2, 0.25) is 0 Å². The van der Waals surface area contributed by atoms with Gasteiger partial charge < -0.3 is 5.11 Å². The molecule has 0 fully saturated rings. The number of alkyl halides is 1. The van der Waals surface area contributed by atoms with Gasteiger partial charge in [0, 0.05) is 5.88 Å². The van der Waals surface area contributed by atoms with E-state index < -0.39 is 0 Å². The molecule has 0 saturated carbocycles. The van der Waals surface area contributed by atoms with Gasteiger partial charge in [-0.3, -0.25) is 0 Å². The monoisotopic (exact) mass is 202 g/mol. The van der Waals surface area contributed by atoms with E-state index in [1.165, 1.54) is 6.07 Å². The Morgan fingerprint density at radius 3 is 2.67 bits per heavy atom. The molecule has 1 rings (SSSR count). The second-order valence-electron chi connectivity index (χ2n) is 2.40. The molecule has 0 heterocycles. The third-order valence-corrected chi connectivity index (χ3v) is 2.14. The van der Waals surface area contributed by atoms with E-state index in [-0.39, 0.29) is 5.75 Å². The summed E-state index contributed by atoms with van der Waals surface area (Å²) in [5.74, 6) is 0.434. The van der Waals surface area contributed by atoms with Crippen molar-refractivity contribution in [3.63, 3.8) is 0 Å². The zero-order chi connectivity index (χ0) is 9.14. The summed E-state index contributed by atoms with van der Waals surface area (Å²) in [6.45, 7) is 3.74. The fourth-order valence-electron chi connectivity index (χ4n) is 0.804. The number of rotatable bonds is 2. The third-order valence-electron chi connectivity index (χ3n) is 1.52. The van der Waals surface area contributed by atoms with Gasteiger partial charge >= 0.3 is 0 Å². The van der Waals surface area contributed by atoms with Crippen LogP contribution in [-0.4, -0.2) is 11.0 Å². The minimum Gasteiger partial charge on any atom is -0.506 e. The summed E-state index contributed by atoms with van der Waals surface area (Å²) in [6.07, 6.45) is 0. The molecule has 1 N–H and O–H groups in total. The summed E-state index contributed by atoms with van der Waals surface area (Å²) < 4.78 is 0. The Bertz CT molecular complexity index is 307. The number of hydrogen-bond acceptors (Lipinski definition) is 1. The molecule has 1 aromatic rings. The van der Waals surface area contributed by atoms with E-state index in [1.54, 1.807) is 12.1 Å². The molecule has 0 atom stereocenters. The molecule has 0 bridgehead atoms. The molecule has 0 unspecified atom stereocenters. The topological polar surface area (TPSA) is 20.2 Å². The molecule has 0 aliphatic heterocycles. The van der Waals surface area contributed by atoms with Crippen LogP contribution in [0.5, 0.6) is 5.75 Å². The molecule has 0 saturated heterocycles. The van der Waals surface area contributed by atoms with E-state index in [9.17, 15) is 0 Å². The fraction of sp³-hybridized carbons (Fsp3) is 0.111. The van der Waals surface area contributed by atoms with Gasteiger partial charge in [-0.25, -0.2) is 0 Å². The standard InChI is InChI=1S/C9H8Cl2O/c1-6(5-10)7-2-3-9(12)8(11)4-7/h2-4,12H,1,5H2. The van der Waals surface area contributed by atoms with Gasteiger partial charge in [-0.2, -0.15) is 0 Å². The normalized spacial score (nSPS) is 9.83. The lowest BCUT2D eigenvalue weighted by molar-refractivity contribution is 0.475. The number of phenols is 1. The van der Waals surface area contributed by atoms with Gasteiger partial charge in [0.15, 0.2) is 0 Å². The Kier molecular flexibility index (Phi) is 3.01. The van der Waals surface area contributed by atoms with E-state index in [1.807, 2.05) is 0 Å². The minimum absolute atomic E-state index is 0.0720. The van der Waals surface area contributed by atoms with Gasteiger partial charge in [-0.15, -0.1) is 11.6 Å². The van der Waals surface area contributed by atoms with E-state index in [0.717, 1.165) is 11.1 Å². The quantitative estimate of drug-likeness (QED) is 0.731. The fourth-order valence-corrected chi connectivity index (χ4v) is 1.14. The number of aromatic hydroxyl groups is 1. The average molecular weight is 203 g/mol. The number of halogens is 2. The number of hydrogen-bond donors (Lipinski definition) is 1. The highest BCUT2D eigenvalue weighted by atomic mass is 35.5. The smallest absolute Gasteiger partial charge is 0.134 e. The van der Waals surface area contributed by atoms with Gasteiger partial charge in [0.1, 0.15) is 5.75 Å². The zero-order valence-corrected chi connectivity index (χ0v) is 7.86. The highest BCUT2D eigenvalue weighted by Crippen LogP contribution is 2.26. The average Bonchev–Trinajstić information content (AvgIpc) is 2.08. The highest BCUT2D eigenvalue weighted by molar-refractivity contribution is 6.32. The van der Waals surface area contributed by atoms with Crippen molar-refractivity contribution in [2.24, 2.45) is 0 Å². The summed E-state index contributed by atoms with van der Waals surface area (Å²) in [6, 6.07) is 4.89. The van der Waals surface area contributed by atoms with E-state index in [0.29, 0.717) is 10.9 Å². The predicted octanol–water partition coefficient (Wildman–Crippen LogP) is 3.30. The first kappa shape index (κ1) is 9.43. The first-order chi connectivity index (χ1) is 5.65. The van der Waals surface area contributed by atoms with E-state index in [2.05, 4.69) is 6.58 Å². The Labute approximate surface area is 81.2 Å². The van der Waals surface area contributed by atoms with Crippen molar-refractivity contribution in [1.82, 2.24) is 0 Å². The molecule has 0 spiro atoms. The van der Waals surface area contributed by atoms with Crippen LogP contribution in [0, 0.1) is 0 Å². The molecule has 0 radical (unpaired) electrons. The Balaban J connectivity index is 3.05. The highest BCUT2D eigenvalue weighted by Gasteiger charge is 2.01. The first-order valence-corrected chi connectivity index (χ1v) is 4.29. The van der Waals surface area contributed by atoms with Gasteiger partial charge in [-0.1, -0.05) is 24.2 Å². The van der Waals surface area contributed by atoms with Crippen molar-refractivity contribution in [3.05, 3.63) is 35.4 Å². The Morgan fingerprint density at radius 2 is 2.17 bits per heavy atom. The second-order valence-corrected chi connectivity index (χ2v) is 3.08. The van der Waals surface area contributed by atoms with Crippen molar-refractivity contribution >= 4 is 28.8 Å². The van der Waals surface area contributed by atoms with Crippen LogP contribution in [0.1, 0.15) is 5.56 Å². The van der Waals surface area contributed by atoms with Crippen molar-refractivity contribution in [2.45, 2.75) is 0 Å². The van der Waals surface area contributed by atoms with E-state index >= 15 is 0 Å². The lowest BCUT2D eigenvalue weighted by atomic mass is 10.1. The van der Waals surface area contributed by atoms with Crippen LogP contribution in [0.3, 0.4) is 0 Å². The molecule has 1 aromatic carbocycles. The van der Waals surface area contributed by atoms with Crippen LogP contribution in [0.4, 0.5) is 0 Å². The Hall–Kier alpha value is -0.660. The van der Waals surface area contributed by atoms with Gasteiger partial charge in [0.05, 0.1) is 5.02 Å². The van der Waals surface area contributed by atoms with Crippen LogP contribution in [-0.2, 0) is 0 Å². The lowest BCUT2D eigenvalue weighted by Gasteiger charge is -2.02. The molecule has 0 aliphatic rings. The summed E-state index contributed by atoms with van der Waals surface area (Å²) in [5, 5.41) is 9.42. The molecule has 64 valence electrons. The molecule has 1 nitrogen and oxygen atoms in total. The maximum Gasteiger partial charge on any atom is 0.134 e. The molecular weight excluding hydrogens is 195 g/mol. The molecule has 0 aromatic heterocycles. The predicted molar refractivity (Wildman–Crippen MR) is 52.9 cm³/mol. The van der Waals surface area contributed by atoms with Crippen LogP contribution >= 0.6 is 23.2 Å². The largest absolute Gasteiger partial charge is 0.506 e. The van der Waals surface area contributed by atoms with Crippen molar-refractivity contribution in [2.75, 3.05) is 5.88 Å². The molecular formula is C9H8Cl2O. The summed E-state index contributed by atoms with van der Waals surface area (Å²) >= 11 is 11.3. The molecule has 0 amide bonds. The number of allylic oxidation sites excluding steroid dienone is 1. The maximum absolute atomic E-state index is 9.10. The number of benzene rings is 1. The van der Waals surface area contributed by atoms with Crippen LogP contribution < -0.4 is 0 Å². The lowest BCUT2D eigenvalue weighted by Crippen LogP contribution is -1.83. The maximum atomic E-state index is 9.10. The first-order valence-electron chi connectivity index (χ1n) is 3.37. The van der Waals surface area contributed by atoms with Crippen LogP contribution in [0.15, 0.2) is 24.8 Å². The van der Waals surface area contributed by atoms with E-state index in [4.69, 9.17) is 28.3 Å². The molecule has 0 aliphatic carbocycles. The SMILES string of the molecule is C=C(CCl)c1ccc(O)c(Cl)c1. The van der Waals surface area contributed by atoms with Gasteiger partial charge in [-0.05, 0) is 23.3 Å². The van der Waals surface area contributed by atoms with Crippen molar-refractivity contribution < 1.29 is 5.11 Å². The molecule has 12 heavy (non-hydrogen) atoms. The summed E-state index contributed by atoms with van der Waals surface area (Å²) in [5.41, 5.74) is 1.64. The third kappa shape index (κ3) is 1.93. The minimum atomic E-state index is 0.0720. The van der Waals surface area contributed by atoms with Crippen molar-refractivity contribution in [3.8, 4) is 5.75 Å². The Morgan fingerprint density at radius 1 is 1.50 bits per heavy atom. The summed E-state index contributed by atoms with van der Waals surface area (Å²) in [4.78, 5) is 0. The van der Waals surface area contributed by atoms with Crippen LogP contribution in [0.25, 0.3) is 5.57 Å². The summed E-state index contributed by atoms with van der Waals surface area (Å²) in [7, 11) is 0. The van der Waals surface area contributed by atoms with Crippen LogP contribution in [0.2, 0.25) is 5.02 Å². The zero-order valence-electron chi connectivity index (χ0n) is 6.35. The molecule has 3 heteroatoms.